The average Bonchev–Trinajstić information content (AvgIpc) is 2.94. The molecule has 3 nitrogen and oxygen atoms in total. The predicted octanol–water partition coefficient (Wildman–Crippen LogP) is 11.5. The topological polar surface area (TPSA) is 51.2 Å². The Morgan fingerprint density at radius 1 is 0.489 bits per heavy atom. The molecule has 0 spiro atoms. The Morgan fingerprint density at radius 2 is 0.733 bits per heavy atom. The lowest BCUT2D eigenvalue weighted by Gasteiger charge is -2.32. The van der Waals surface area contributed by atoms with Crippen LogP contribution in [0.25, 0.3) is 0 Å². The highest BCUT2D eigenvalue weighted by Gasteiger charge is 2.29. The second-order valence-corrected chi connectivity index (χ2v) is 15.7. The quantitative estimate of drug-likeness (QED) is 0.207. The maximum Gasteiger partial charge on any atom is 0.185 e. The molecule has 240 valence electrons. The van der Waals surface area contributed by atoms with Gasteiger partial charge in [-0.15, -0.1) is 0 Å². The van der Waals surface area contributed by atoms with Gasteiger partial charge < -0.3 is 0 Å². The lowest BCUT2D eigenvalue weighted by molar-refractivity contribution is 0.104. The summed E-state index contributed by atoms with van der Waals surface area (Å²) < 4.78 is 0. The van der Waals surface area contributed by atoms with Crippen molar-refractivity contribution in [2.45, 2.75) is 120 Å². The summed E-state index contributed by atoms with van der Waals surface area (Å²) in [4.78, 5) is 40.9. The van der Waals surface area contributed by atoms with Crippen LogP contribution in [0.5, 0.6) is 0 Å². The highest BCUT2D eigenvalue weighted by molar-refractivity contribution is 6.13. The second-order valence-electron chi connectivity index (χ2n) is 15.7. The van der Waals surface area contributed by atoms with Crippen LogP contribution in [0.3, 0.4) is 0 Å². The molecule has 0 saturated heterocycles. The van der Waals surface area contributed by atoms with Crippen molar-refractivity contribution in [3.63, 3.8) is 0 Å². The minimum Gasteiger partial charge on any atom is -0.289 e. The van der Waals surface area contributed by atoms with E-state index in [1.54, 1.807) is 36.4 Å². The van der Waals surface area contributed by atoms with Crippen molar-refractivity contribution in [3.8, 4) is 0 Å². The highest BCUT2D eigenvalue weighted by Crippen LogP contribution is 2.42. The van der Waals surface area contributed by atoms with Crippen LogP contribution in [-0.4, -0.2) is 17.3 Å². The van der Waals surface area contributed by atoms with Gasteiger partial charge in [-0.25, -0.2) is 0 Å². The number of hydrogen-bond acceptors (Lipinski definition) is 3. The molecule has 0 bridgehead atoms. The van der Waals surface area contributed by atoms with E-state index < -0.39 is 0 Å². The van der Waals surface area contributed by atoms with Gasteiger partial charge in [0.1, 0.15) is 0 Å². The van der Waals surface area contributed by atoms with Gasteiger partial charge >= 0.3 is 0 Å². The Morgan fingerprint density at radius 3 is 0.956 bits per heavy atom. The SMILES string of the molecule is CC1=C(/C=C/C(=O)c2cc(C(=O)/C=C/C3=C(C)CCCC3(C)C)cc(C(=O)/C=C/C3=C(C)CCCC3(C)C)c2)C(C)(C)CCC1. The van der Waals surface area contributed by atoms with Crippen molar-refractivity contribution >= 4 is 17.3 Å². The summed E-state index contributed by atoms with van der Waals surface area (Å²) in [5, 5.41) is 0. The molecule has 0 fully saturated rings. The third kappa shape index (κ3) is 8.10. The number of carbonyl (C=O) groups excluding carboxylic acids is 3. The summed E-state index contributed by atoms with van der Waals surface area (Å²) >= 11 is 0. The Labute approximate surface area is 272 Å². The first kappa shape index (κ1) is 34.5. The number of benzene rings is 1. The lowest BCUT2D eigenvalue weighted by Crippen LogP contribution is -2.19. The van der Waals surface area contributed by atoms with Crippen LogP contribution in [0.4, 0.5) is 0 Å². The molecule has 0 saturated carbocycles. The second kappa shape index (κ2) is 13.6. The maximum absolute atomic E-state index is 13.6. The first-order valence-corrected chi connectivity index (χ1v) is 16.9. The molecule has 45 heavy (non-hydrogen) atoms. The zero-order valence-electron chi connectivity index (χ0n) is 29.3. The van der Waals surface area contributed by atoms with Crippen molar-refractivity contribution in [1.82, 2.24) is 0 Å². The normalized spacial score (nSPS) is 21.8. The Bertz CT molecular complexity index is 1360. The van der Waals surface area contributed by atoms with E-state index in [0.29, 0.717) is 16.7 Å². The maximum atomic E-state index is 13.6. The van der Waals surface area contributed by atoms with E-state index in [4.69, 9.17) is 0 Å². The standard InChI is InChI=1S/C42H54O3/c1-28-13-10-22-40(4,5)34(28)16-19-37(43)31-25-32(38(44)20-17-35-29(2)14-11-23-41(35,6)7)27-33(26-31)39(45)21-18-36-30(3)15-12-24-42(36,8)9/h16-21,25-27H,10-15,22-24H2,1-9H3/b19-16+,20-17+,21-18+. The third-order valence-corrected chi connectivity index (χ3v) is 10.6. The molecule has 0 unspecified atom stereocenters. The fraction of sp³-hybridized carbons (Fsp3) is 0.500. The van der Waals surface area contributed by atoms with Crippen LogP contribution in [0.1, 0.15) is 151 Å². The first-order valence-electron chi connectivity index (χ1n) is 16.9. The lowest BCUT2D eigenvalue weighted by atomic mass is 9.72. The molecule has 0 heterocycles. The Kier molecular flexibility index (Phi) is 10.4. The van der Waals surface area contributed by atoms with Gasteiger partial charge in [0.2, 0.25) is 0 Å². The van der Waals surface area contributed by atoms with Gasteiger partial charge in [-0.05, 0) is 148 Å². The molecular weight excluding hydrogens is 552 g/mol. The molecule has 1 aromatic carbocycles. The monoisotopic (exact) mass is 606 g/mol. The Hall–Kier alpha value is -3.33. The average molecular weight is 607 g/mol. The minimum absolute atomic E-state index is 0.00701. The van der Waals surface area contributed by atoms with Crippen molar-refractivity contribution in [3.05, 3.63) is 105 Å². The zero-order chi connectivity index (χ0) is 33.2. The van der Waals surface area contributed by atoms with E-state index in [-0.39, 0.29) is 33.6 Å². The summed E-state index contributed by atoms with van der Waals surface area (Å²) in [5.74, 6) is -0.605. The van der Waals surface area contributed by atoms with Gasteiger partial charge in [0.25, 0.3) is 0 Å². The molecule has 0 radical (unpaired) electrons. The Balaban J connectivity index is 1.72. The summed E-state index contributed by atoms with van der Waals surface area (Å²) in [6.07, 6.45) is 20.5. The first-order chi connectivity index (χ1) is 21.0. The van der Waals surface area contributed by atoms with E-state index >= 15 is 0 Å². The van der Waals surface area contributed by atoms with E-state index in [9.17, 15) is 14.4 Å². The molecule has 0 aliphatic heterocycles. The van der Waals surface area contributed by atoms with Crippen LogP contribution >= 0.6 is 0 Å². The van der Waals surface area contributed by atoms with E-state index in [1.165, 1.54) is 33.4 Å². The van der Waals surface area contributed by atoms with Crippen LogP contribution in [0.15, 0.2) is 88.1 Å². The summed E-state index contributed by atoms with van der Waals surface area (Å²) in [5.41, 5.74) is 8.65. The molecule has 0 amide bonds. The molecule has 3 heteroatoms. The molecule has 0 atom stereocenters. The van der Waals surface area contributed by atoms with Crippen molar-refractivity contribution in [2.24, 2.45) is 16.2 Å². The van der Waals surface area contributed by atoms with Crippen molar-refractivity contribution < 1.29 is 14.4 Å². The van der Waals surface area contributed by atoms with Crippen LogP contribution in [0.2, 0.25) is 0 Å². The van der Waals surface area contributed by atoms with Gasteiger partial charge in [-0.2, -0.15) is 0 Å². The van der Waals surface area contributed by atoms with Crippen LogP contribution in [-0.2, 0) is 0 Å². The largest absolute Gasteiger partial charge is 0.289 e. The third-order valence-electron chi connectivity index (χ3n) is 10.6. The number of carbonyl (C=O) groups is 3. The van der Waals surface area contributed by atoms with E-state index in [0.717, 1.165) is 57.8 Å². The van der Waals surface area contributed by atoms with Gasteiger partial charge in [0.05, 0.1) is 0 Å². The number of hydrogen-bond donors (Lipinski definition) is 0. The smallest absolute Gasteiger partial charge is 0.185 e. The molecule has 4 rings (SSSR count). The molecule has 0 aromatic heterocycles. The van der Waals surface area contributed by atoms with Gasteiger partial charge in [0, 0.05) is 16.7 Å². The minimum atomic E-state index is -0.202. The van der Waals surface area contributed by atoms with Gasteiger partial charge in [0.15, 0.2) is 17.3 Å². The molecule has 0 N–H and O–H groups in total. The number of rotatable bonds is 9. The molecular formula is C42H54O3. The van der Waals surface area contributed by atoms with E-state index in [2.05, 4.69) is 62.3 Å². The van der Waals surface area contributed by atoms with Crippen molar-refractivity contribution in [2.75, 3.05) is 0 Å². The van der Waals surface area contributed by atoms with Gasteiger partial charge in [-0.1, -0.05) is 76.5 Å². The van der Waals surface area contributed by atoms with Crippen molar-refractivity contribution in [1.29, 1.82) is 0 Å². The number of allylic oxidation sites excluding steroid dienone is 12. The molecule has 3 aliphatic rings. The summed E-state index contributed by atoms with van der Waals surface area (Å²) in [6, 6.07) is 4.95. The molecule has 3 aliphatic carbocycles. The predicted molar refractivity (Wildman–Crippen MR) is 188 cm³/mol. The zero-order valence-corrected chi connectivity index (χ0v) is 29.3. The van der Waals surface area contributed by atoms with Gasteiger partial charge in [-0.3, -0.25) is 14.4 Å². The summed E-state index contributed by atoms with van der Waals surface area (Å²) in [6.45, 7) is 19.8. The summed E-state index contributed by atoms with van der Waals surface area (Å²) in [7, 11) is 0. The fourth-order valence-corrected chi connectivity index (χ4v) is 7.85. The molecule has 1 aromatic rings. The van der Waals surface area contributed by atoms with E-state index in [1.807, 2.05) is 18.2 Å². The number of ketones is 3. The van der Waals surface area contributed by atoms with Crippen LogP contribution < -0.4 is 0 Å². The van der Waals surface area contributed by atoms with Crippen LogP contribution in [0, 0.1) is 16.2 Å². The highest BCUT2D eigenvalue weighted by atomic mass is 16.1. The fourth-order valence-electron chi connectivity index (χ4n) is 7.85.